The molecule has 1 aliphatic heterocycles. The lowest BCUT2D eigenvalue weighted by atomic mass is 9.96. The van der Waals surface area contributed by atoms with Gasteiger partial charge in [-0.1, -0.05) is 37.3 Å². The van der Waals surface area contributed by atoms with E-state index in [4.69, 9.17) is 0 Å². The predicted molar refractivity (Wildman–Crippen MR) is 74.3 cm³/mol. The summed E-state index contributed by atoms with van der Waals surface area (Å²) in [5.74, 6) is 0.561. The molecule has 2 unspecified atom stereocenters. The van der Waals surface area contributed by atoms with Crippen LogP contribution in [0.1, 0.15) is 38.3 Å². The number of benzene rings is 1. The van der Waals surface area contributed by atoms with Crippen molar-refractivity contribution in [1.82, 2.24) is 5.32 Å². The van der Waals surface area contributed by atoms with E-state index in [9.17, 15) is 8.42 Å². The molecule has 1 saturated heterocycles. The number of hydrogen-bond donors (Lipinski definition) is 1. The first kappa shape index (κ1) is 13.6. The third kappa shape index (κ3) is 3.12. The molecule has 0 aromatic heterocycles. The maximum atomic E-state index is 11.6. The zero-order chi connectivity index (χ0) is 13.2. The highest BCUT2D eigenvalue weighted by Gasteiger charge is 2.39. The predicted octanol–water partition coefficient (Wildman–Crippen LogP) is 2.30. The quantitative estimate of drug-likeness (QED) is 0.910. The lowest BCUT2D eigenvalue weighted by Crippen LogP contribution is -2.45. The van der Waals surface area contributed by atoms with Crippen molar-refractivity contribution in [1.29, 1.82) is 0 Å². The smallest absolute Gasteiger partial charge is 0.152 e. The lowest BCUT2D eigenvalue weighted by Gasteiger charge is -2.30. The molecular weight excluding hydrogens is 246 g/mol. The van der Waals surface area contributed by atoms with Gasteiger partial charge in [-0.25, -0.2) is 8.42 Å². The minimum atomic E-state index is -2.85. The molecule has 1 aromatic rings. The summed E-state index contributed by atoms with van der Waals surface area (Å²) in [6.07, 6.45) is 1.66. The van der Waals surface area contributed by atoms with Gasteiger partial charge in [-0.2, -0.15) is 0 Å². The molecule has 0 aliphatic carbocycles. The normalized spacial score (nSPS) is 28.1. The number of nitrogens with one attached hydrogen (secondary N) is 1. The third-order valence-corrected chi connectivity index (χ3v) is 5.54. The molecule has 1 aliphatic rings. The lowest BCUT2D eigenvalue weighted by molar-refractivity contribution is 0.337. The molecule has 3 nitrogen and oxygen atoms in total. The standard InChI is InChI=1S/C14H21NO2S/c1-3-13(12-7-5-4-6-8-12)15-14(2)9-10-18(16,17)11-14/h4-8,13,15H,3,9-11H2,1-2H3. The molecule has 18 heavy (non-hydrogen) atoms. The van der Waals surface area contributed by atoms with E-state index < -0.39 is 9.84 Å². The number of sulfone groups is 1. The molecular formula is C14H21NO2S. The molecule has 0 spiro atoms. The Morgan fingerprint density at radius 2 is 2.00 bits per heavy atom. The molecule has 0 saturated carbocycles. The van der Waals surface area contributed by atoms with Crippen LogP contribution < -0.4 is 5.32 Å². The Labute approximate surface area is 110 Å². The van der Waals surface area contributed by atoms with Gasteiger partial charge < -0.3 is 5.32 Å². The van der Waals surface area contributed by atoms with Crippen LogP contribution in [0.5, 0.6) is 0 Å². The number of rotatable bonds is 4. The van der Waals surface area contributed by atoms with E-state index in [0.29, 0.717) is 12.2 Å². The molecule has 1 N–H and O–H groups in total. The van der Waals surface area contributed by atoms with Crippen LogP contribution in [-0.4, -0.2) is 25.5 Å². The Morgan fingerprint density at radius 1 is 1.33 bits per heavy atom. The molecule has 1 fully saturated rings. The minimum absolute atomic E-state index is 0.226. The average molecular weight is 267 g/mol. The summed E-state index contributed by atoms with van der Waals surface area (Å²) < 4.78 is 23.2. The molecule has 0 radical (unpaired) electrons. The fourth-order valence-electron chi connectivity index (χ4n) is 2.65. The van der Waals surface area contributed by atoms with Crippen LogP contribution in [0.25, 0.3) is 0 Å². The van der Waals surface area contributed by atoms with E-state index in [1.165, 1.54) is 5.56 Å². The zero-order valence-electron chi connectivity index (χ0n) is 11.0. The van der Waals surface area contributed by atoms with E-state index in [2.05, 4.69) is 24.4 Å². The second-order valence-electron chi connectivity index (χ2n) is 5.42. The van der Waals surface area contributed by atoms with Crippen molar-refractivity contribution in [3.63, 3.8) is 0 Å². The fraction of sp³-hybridized carbons (Fsp3) is 0.571. The number of hydrogen-bond acceptors (Lipinski definition) is 3. The van der Waals surface area contributed by atoms with Crippen LogP contribution in [0.2, 0.25) is 0 Å². The second-order valence-corrected chi connectivity index (χ2v) is 7.60. The summed E-state index contributed by atoms with van der Waals surface area (Å²) in [6, 6.07) is 10.4. The topological polar surface area (TPSA) is 46.2 Å². The summed E-state index contributed by atoms with van der Waals surface area (Å²) in [5, 5.41) is 3.53. The highest BCUT2D eigenvalue weighted by molar-refractivity contribution is 7.91. The summed E-state index contributed by atoms with van der Waals surface area (Å²) in [6.45, 7) is 4.14. The van der Waals surface area contributed by atoms with Gasteiger partial charge in [-0.3, -0.25) is 0 Å². The summed E-state index contributed by atoms with van der Waals surface area (Å²) >= 11 is 0. The van der Waals surface area contributed by atoms with Crippen LogP contribution in [0.15, 0.2) is 30.3 Å². The van der Waals surface area contributed by atoms with E-state index in [0.717, 1.165) is 6.42 Å². The molecule has 2 rings (SSSR count). The van der Waals surface area contributed by atoms with E-state index >= 15 is 0 Å². The molecule has 1 aromatic carbocycles. The second kappa shape index (κ2) is 5.02. The van der Waals surface area contributed by atoms with E-state index in [1.807, 2.05) is 25.1 Å². The first-order chi connectivity index (χ1) is 8.44. The summed E-state index contributed by atoms with van der Waals surface area (Å²) in [5.41, 5.74) is 0.945. The zero-order valence-corrected chi connectivity index (χ0v) is 11.8. The highest BCUT2D eigenvalue weighted by Crippen LogP contribution is 2.28. The van der Waals surface area contributed by atoms with Gasteiger partial charge in [0.25, 0.3) is 0 Å². The Kier molecular flexibility index (Phi) is 3.78. The van der Waals surface area contributed by atoms with E-state index in [-0.39, 0.29) is 17.3 Å². The molecule has 0 amide bonds. The van der Waals surface area contributed by atoms with Crippen molar-refractivity contribution in [2.75, 3.05) is 11.5 Å². The Morgan fingerprint density at radius 3 is 2.50 bits per heavy atom. The highest BCUT2D eigenvalue weighted by atomic mass is 32.2. The van der Waals surface area contributed by atoms with Crippen molar-refractivity contribution in [2.24, 2.45) is 0 Å². The summed E-state index contributed by atoms with van der Waals surface area (Å²) in [7, 11) is -2.85. The van der Waals surface area contributed by atoms with Crippen molar-refractivity contribution < 1.29 is 8.42 Å². The van der Waals surface area contributed by atoms with Crippen LogP contribution in [0.4, 0.5) is 0 Å². The van der Waals surface area contributed by atoms with Crippen LogP contribution >= 0.6 is 0 Å². The van der Waals surface area contributed by atoms with Crippen molar-refractivity contribution >= 4 is 9.84 Å². The van der Waals surface area contributed by atoms with Gasteiger partial charge in [0.05, 0.1) is 11.5 Å². The van der Waals surface area contributed by atoms with Gasteiger partial charge in [0.15, 0.2) is 9.84 Å². The average Bonchev–Trinajstić information content (AvgIpc) is 2.62. The van der Waals surface area contributed by atoms with Gasteiger partial charge in [0.1, 0.15) is 0 Å². The SMILES string of the molecule is CCC(NC1(C)CCS(=O)(=O)C1)c1ccccc1. The van der Waals surface area contributed by atoms with Gasteiger partial charge in [-0.05, 0) is 25.3 Å². The van der Waals surface area contributed by atoms with Crippen LogP contribution in [-0.2, 0) is 9.84 Å². The Balaban J connectivity index is 2.13. The van der Waals surface area contributed by atoms with Crippen molar-refractivity contribution in [3.05, 3.63) is 35.9 Å². The maximum absolute atomic E-state index is 11.6. The minimum Gasteiger partial charge on any atom is -0.304 e. The van der Waals surface area contributed by atoms with Crippen molar-refractivity contribution in [3.8, 4) is 0 Å². The first-order valence-electron chi connectivity index (χ1n) is 6.47. The first-order valence-corrected chi connectivity index (χ1v) is 8.29. The largest absolute Gasteiger partial charge is 0.304 e. The van der Waals surface area contributed by atoms with Crippen LogP contribution in [0, 0.1) is 0 Å². The van der Waals surface area contributed by atoms with Crippen molar-refractivity contribution in [2.45, 2.75) is 38.3 Å². The Bertz CT molecular complexity index is 498. The fourth-order valence-corrected chi connectivity index (χ4v) is 4.76. The van der Waals surface area contributed by atoms with Gasteiger partial charge in [-0.15, -0.1) is 0 Å². The monoisotopic (exact) mass is 267 g/mol. The maximum Gasteiger partial charge on any atom is 0.152 e. The van der Waals surface area contributed by atoms with E-state index in [1.54, 1.807) is 0 Å². The molecule has 4 heteroatoms. The molecule has 1 heterocycles. The van der Waals surface area contributed by atoms with Gasteiger partial charge in [0.2, 0.25) is 0 Å². The third-order valence-electron chi connectivity index (χ3n) is 3.64. The Hall–Kier alpha value is -0.870. The molecule has 2 atom stereocenters. The molecule has 0 bridgehead atoms. The summed E-state index contributed by atoms with van der Waals surface area (Å²) in [4.78, 5) is 0. The molecule has 100 valence electrons. The van der Waals surface area contributed by atoms with Crippen LogP contribution in [0.3, 0.4) is 0 Å². The van der Waals surface area contributed by atoms with Gasteiger partial charge >= 0.3 is 0 Å². The van der Waals surface area contributed by atoms with Gasteiger partial charge in [0, 0.05) is 11.6 Å².